The highest BCUT2D eigenvalue weighted by molar-refractivity contribution is 6.02. The lowest BCUT2D eigenvalue weighted by Crippen LogP contribution is -2.26. The van der Waals surface area contributed by atoms with Gasteiger partial charge in [-0.15, -0.1) is 0 Å². The number of carbonyl (C=O) groups is 2. The zero-order valence-electron chi connectivity index (χ0n) is 12.6. The summed E-state index contributed by atoms with van der Waals surface area (Å²) in [4.78, 5) is 22.0. The van der Waals surface area contributed by atoms with Crippen LogP contribution in [0.4, 0.5) is 0 Å². The molecular weight excluding hydrogens is 292 g/mol. The second-order valence-corrected chi connectivity index (χ2v) is 5.65. The SMILES string of the molecule is CC(=CC(=O)[O-])C(=Cc1ccc2c3c(cccc13)CC2)C(=O)[O-]. The van der Waals surface area contributed by atoms with Crippen LogP contribution >= 0.6 is 0 Å². The molecule has 0 saturated carbocycles. The summed E-state index contributed by atoms with van der Waals surface area (Å²) in [5.74, 6) is -2.85. The Kier molecular flexibility index (Phi) is 3.74. The summed E-state index contributed by atoms with van der Waals surface area (Å²) in [6, 6.07) is 9.83. The predicted octanol–water partition coefficient (Wildman–Crippen LogP) is 0.768. The van der Waals surface area contributed by atoms with E-state index in [1.807, 2.05) is 24.3 Å². The summed E-state index contributed by atoms with van der Waals surface area (Å²) in [6.45, 7) is 1.41. The molecule has 2 aromatic carbocycles. The topological polar surface area (TPSA) is 80.3 Å². The third-order valence-electron chi connectivity index (χ3n) is 4.19. The Morgan fingerprint density at radius 2 is 1.74 bits per heavy atom. The van der Waals surface area contributed by atoms with Gasteiger partial charge >= 0.3 is 0 Å². The summed E-state index contributed by atoms with van der Waals surface area (Å²) < 4.78 is 0. The molecule has 23 heavy (non-hydrogen) atoms. The molecule has 4 heteroatoms. The van der Waals surface area contributed by atoms with Crippen LogP contribution in [0.5, 0.6) is 0 Å². The molecule has 0 unspecified atom stereocenters. The van der Waals surface area contributed by atoms with E-state index in [-0.39, 0.29) is 11.1 Å². The van der Waals surface area contributed by atoms with Crippen molar-refractivity contribution in [3.8, 4) is 0 Å². The second kappa shape index (κ2) is 5.72. The minimum Gasteiger partial charge on any atom is -0.545 e. The maximum atomic E-state index is 11.4. The number of hydrogen-bond donors (Lipinski definition) is 0. The fourth-order valence-electron chi connectivity index (χ4n) is 3.14. The van der Waals surface area contributed by atoms with Crippen LogP contribution in [0, 0.1) is 0 Å². The number of aryl methyl sites for hydroxylation is 2. The molecule has 0 aliphatic heterocycles. The van der Waals surface area contributed by atoms with Crippen molar-refractivity contribution in [3.05, 3.63) is 64.2 Å². The van der Waals surface area contributed by atoms with E-state index in [9.17, 15) is 19.8 Å². The smallest absolute Gasteiger partial charge is 0.0718 e. The van der Waals surface area contributed by atoms with Gasteiger partial charge in [0, 0.05) is 5.57 Å². The van der Waals surface area contributed by atoms with Crippen LogP contribution in [0.3, 0.4) is 0 Å². The molecule has 0 amide bonds. The minimum atomic E-state index is -1.44. The van der Waals surface area contributed by atoms with Crippen molar-refractivity contribution in [2.24, 2.45) is 0 Å². The maximum absolute atomic E-state index is 11.4. The van der Waals surface area contributed by atoms with Gasteiger partial charge in [0.25, 0.3) is 0 Å². The summed E-state index contributed by atoms with van der Waals surface area (Å²) in [5, 5.41) is 24.2. The molecule has 116 valence electrons. The largest absolute Gasteiger partial charge is 0.545 e. The van der Waals surface area contributed by atoms with Crippen molar-refractivity contribution >= 4 is 28.8 Å². The Morgan fingerprint density at radius 1 is 1.04 bits per heavy atom. The van der Waals surface area contributed by atoms with Crippen molar-refractivity contribution in [3.63, 3.8) is 0 Å². The van der Waals surface area contributed by atoms with Crippen LogP contribution < -0.4 is 10.2 Å². The van der Waals surface area contributed by atoms with Gasteiger partial charge in [-0.1, -0.05) is 30.3 Å². The first-order chi connectivity index (χ1) is 11.0. The molecule has 1 aliphatic rings. The average molecular weight is 306 g/mol. The van der Waals surface area contributed by atoms with Crippen LogP contribution in [0.2, 0.25) is 0 Å². The number of rotatable bonds is 4. The van der Waals surface area contributed by atoms with Gasteiger partial charge in [0.05, 0.1) is 11.9 Å². The van der Waals surface area contributed by atoms with Gasteiger partial charge in [0.2, 0.25) is 0 Å². The Morgan fingerprint density at radius 3 is 2.39 bits per heavy atom. The van der Waals surface area contributed by atoms with Crippen molar-refractivity contribution in [1.29, 1.82) is 0 Å². The molecule has 0 bridgehead atoms. The molecule has 0 atom stereocenters. The lowest BCUT2D eigenvalue weighted by atomic mass is 9.97. The molecule has 0 saturated heterocycles. The standard InChI is InChI=1S/C19H16O4/c1-11(9-17(20)21)16(19(22)23)10-14-8-7-13-6-5-12-3-2-4-15(14)18(12)13/h2-4,7-10H,5-6H2,1H3,(H,20,21)(H,22,23)/p-2. The molecule has 0 aromatic heterocycles. The molecular formula is C19H14O4-2. The fraction of sp³-hybridized carbons (Fsp3) is 0.158. The Hall–Kier alpha value is -2.88. The van der Waals surface area contributed by atoms with E-state index in [0.29, 0.717) is 0 Å². The highest BCUT2D eigenvalue weighted by atomic mass is 16.4. The number of carboxylic acid groups (broad SMARTS) is 2. The quantitative estimate of drug-likeness (QED) is 0.617. The molecule has 3 rings (SSSR count). The molecule has 2 aromatic rings. The number of carboxylic acids is 2. The van der Waals surface area contributed by atoms with Crippen LogP contribution in [-0.4, -0.2) is 11.9 Å². The van der Waals surface area contributed by atoms with Gasteiger partial charge < -0.3 is 19.8 Å². The molecule has 0 N–H and O–H groups in total. The molecule has 0 spiro atoms. The van der Waals surface area contributed by atoms with E-state index in [1.165, 1.54) is 29.5 Å². The molecule has 4 nitrogen and oxygen atoms in total. The second-order valence-electron chi connectivity index (χ2n) is 5.65. The van der Waals surface area contributed by atoms with Gasteiger partial charge in [-0.2, -0.15) is 0 Å². The third-order valence-corrected chi connectivity index (χ3v) is 4.19. The number of hydrogen-bond acceptors (Lipinski definition) is 4. The number of carbonyl (C=O) groups excluding carboxylic acids is 2. The molecule has 0 radical (unpaired) electrons. The van der Waals surface area contributed by atoms with Gasteiger partial charge in [-0.05, 0) is 65.0 Å². The lowest BCUT2D eigenvalue weighted by molar-refractivity contribution is -0.298. The van der Waals surface area contributed by atoms with E-state index >= 15 is 0 Å². The highest BCUT2D eigenvalue weighted by Gasteiger charge is 2.15. The van der Waals surface area contributed by atoms with Crippen molar-refractivity contribution in [2.75, 3.05) is 0 Å². The normalized spacial score (nSPS) is 14.3. The zero-order chi connectivity index (χ0) is 16.6. The zero-order valence-corrected chi connectivity index (χ0v) is 12.6. The first-order valence-electron chi connectivity index (χ1n) is 7.33. The van der Waals surface area contributed by atoms with Crippen molar-refractivity contribution < 1.29 is 19.8 Å². The monoisotopic (exact) mass is 306 g/mol. The lowest BCUT2D eigenvalue weighted by Gasteiger charge is -2.12. The first-order valence-corrected chi connectivity index (χ1v) is 7.33. The summed E-state index contributed by atoms with van der Waals surface area (Å²) >= 11 is 0. The van der Waals surface area contributed by atoms with E-state index < -0.39 is 11.9 Å². The average Bonchev–Trinajstić information content (AvgIpc) is 2.90. The Bertz CT molecular complexity index is 877. The Labute approximate surface area is 133 Å². The first kappa shape index (κ1) is 15.0. The number of benzene rings is 2. The van der Waals surface area contributed by atoms with Gasteiger partial charge in [0.1, 0.15) is 0 Å². The molecule has 1 aliphatic carbocycles. The predicted molar refractivity (Wildman–Crippen MR) is 83.1 cm³/mol. The van der Waals surface area contributed by atoms with Crippen LogP contribution in [-0.2, 0) is 22.4 Å². The van der Waals surface area contributed by atoms with E-state index in [2.05, 4.69) is 6.07 Å². The van der Waals surface area contributed by atoms with Gasteiger partial charge in [-0.25, -0.2) is 0 Å². The molecule has 0 heterocycles. The maximum Gasteiger partial charge on any atom is 0.0718 e. The van der Waals surface area contributed by atoms with Crippen molar-refractivity contribution in [2.45, 2.75) is 19.8 Å². The summed E-state index contributed by atoms with van der Waals surface area (Å²) in [6.07, 6.45) is 4.20. The van der Waals surface area contributed by atoms with E-state index in [0.717, 1.165) is 29.9 Å². The Balaban J connectivity index is 2.20. The summed E-state index contributed by atoms with van der Waals surface area (Å²) in [7, 11) is 0. The van der Waals surface area contributed by atoms with Gasteiger partial charge in [-0.3, -0.25) is 0 Å². The van der Waals surface area contributed by atoms with Crippen LogP contribution in [0.1, 0.15) is 23.6 Å². The number of aliphatic carboxylic acids is 2. The van der Waals surface area contributed by atoms with E-state index in [1.54, 1.807) is 0 Å². The van der Waals surface area contributed by atoms with Crippen molar-refractivity contribution in [1.82, 2.24) is 0 Å². The minimum absolute atomic E-state index is 0.0910. The third kappa shape index (κ3) is 2.75. The highest BCUT2D eigenvalue weighted by Crippen LogP contribution is 2.33. The summed E-state index contributed by atoms with van der Waals surface area (Å²) in [5.41, 5.74) is 3.17. The van der Waals surface area contributed by atoms with Crippen LogP contribution in [0.15, 0.2) is 47.6 Å². The van der Waals surface area contributed by atoms with Crippen LogP contribution in [0.25, 0.3) is 16.8 Å². The van der Waals surface area contributed by atoms with E-state index in [4.69, 9.17) is 0 Å². The fourth-order valence-corrected chi connectivity index (χ4v) is 3.14. The van der Waals surface area contributed by atoms with Gasteiger partial charge in [0.15, 0.2) is 0 Å². The molecule has 0 fully saturated rings.